The molecular formula is C24H21Cl2N5OS. The van der Waals surface area contributed by atoms with Gasteiger partial charge in [-0.1, -0.05) is 59.2 Å². The maximum Gasteiger partial charge on any atom is 0.230 e. The number of aryl methyl sites for hydroxylation is 1. The monoisotopic (exact) mass is 497 g/mol. The van der Waals surface area contributed by atoms with Crippen molar-refractivity contribution in [1.82, 2.24) is 25.1 Å². The fourth-order valence-corrected chi connectivity index (χ4v) is 4.75. The van der Waals surface area contributed by atoms with Crippen molar-refractivity contribution in [3.05, 3.63) is 88.2 Å². The Morgan fingerprint density at radius 3 is 2.67 bits per heavy atom. The summed E-state index contributed by atoms with van der Waals surface area (Å²) in [7, 11) is 0. The topological polar surface area (TPSA) is 72.7 Å². The molecule has 33 heavy (non-hydrogen) atoms. The minimum atomic E-state index is -0.261. The average Bonchev–Trinajstić information content (AvgIpc) is 3.22. The first-order valence-corrected chi connectivity index (χ1v) is 12.0. The number of halogens is 2. The molecule has 2 aromatic carbocycles. The van der Waals surface area contributed by atoms with Gasteiger partial charge in [-0.3, -0.25) is 14.3 Å². The molecule has 1 N–H and O–H groups in total. The first-order valence-electron chi connectivity index (χ1n) is 10.2. The van der Waals surface area contributed by atoms with Gasteiger partial charge in [0.15, 0.2) is 11.0 Å². The number of rotatable bonds is 7. The van der Waals surface area contributed by atoms with E-state index < -0.39 is 0 Å². The molecule has 1 unspecified atom stereocenters. The molecular weight excluding hydrogens is 477 g/mol. The largest absolute Gasteiger partial charge is 0.349 e. The summed E-state index contributed by atoms with van der Waals surface area (Å²) in [6.45, 7) is 3.91. The summed E-state index contributed by atoms with van der Waals surface area (Å²) in [6, 6.07) is 16.8. The smallest absolute Gasteiger partial charge is 0.230 e. The van der Waals surface area contributed by atoms with E-state index in [1.54, 1.807) is 24.5 Å². The van der Waals surface area contributed by atoms with Crippen LogP contribution in [0.1, 0.15) is 24.1 Å². The first kappa shape index (κ1) is 23.3. The van der Waals surface area contributed by atoms with Gasteiger partial charge in [-0.25, -0.2) is 0 Å². The Bertz CT molecular complexity index is 1280. The predicted molar refractivity (Wildman–Crippen MR) is 133 cm³/mol. The third-order valence-corrected chi connectivity index (χ3v) is 6.54. The van der Waals surface area contributed by atoms with Crippen LogP contribution in [0.5, 0.6) is 0 Å². The van der Waals surface area contributed by atoms with Crippen molar-refractivity contribution >= 4 is 40.9 Å². The molecule has 0 radical (unpaired) electrons. The summed E-state index contributed by atoms with van der Waals surface area (Å²) in [5.41, 5.74) is 3.67. The van der Waals surface area contributed by atoms with Crippen LogP contribution < -0.4 is 5.32 Å². The highest BCUT2D eigenvalue weighted by atomic mass is 35.5. The van der Waals surface area contributed by atoms with E-state index in [9.17, 15) is 4.79 Å². The molecule has 6 nitrogen and oxygen atoms in total. The predicted octanol–water partition coefficient (Wildman–Crippen LogP) is 5.91. The van der Waals surface area contributed by atoms with Gasteiger partial charge in [0.2, 0.25) is 5.91 Å². The maximum atomic E-state index is 12.7. The average molecular weight is 498 g/mol. The summed E-state index contributed by atoms with van der Waals surface area (Å²) >= 11 is 13.6. The zero-order chi connectivity index (χ0) is 23.4. The van der Waals surface area contributed by atoms with Gasteiger partial charge in [-0.2, -0.15) is 0 Å². The number of benzene rings is 2. The number of hydrogen-bond acceptors (Lipinski definition) is 5. The lowest BCUT2D eigenvalue weighted by molar-refractivity contribution is -0.119. The second-order valence-electron chi connectivity index (χ2n) is 7.41. The van der Waals surface area contributed by atoms with Gasteiger partial charge >= 0.3 is 0 Å². The number of aromatic nitrogens is 4. The van der Waals surface area contributed by atoms with Crippen molar-refractivity contribution in [1.29, 1.82) is 0 Å². The van der Waals surface area contributed by atoms with Crippen LogP contribution in [0, 0.1) is 6.92 Å². The lowest BCUT2D eigenvalue weighted by Crippen LogP contribution is -2.28. The summed E-state index contributed by atoms with van der Waals surface area (Å²) in [4.78, 5) is 16.9. The molecule has 168 valence electrons. The van der Waals surface area contributed by atoms with Gasteiger partial charge in [0.25, 0.3) is 0 Å². The molecule has 0 bridgehead atoms. The second kappa shape index (κ2) is 10.4. The van der Waals surface area contributed by atoms with Gasteiger partial charge < -0.3 is 5.32 Å². The van der Waals surface area contributed by atoms with Gasteiger partial charge in [0.1, 0.15) is 0 Å². The molecule has 2 aromatic heterocycles. The van der Waals surface area contributed by atoms with Crippen molar-refractivity contribution in [3.8, 4) is 17.1 Å². The highest BCUT2D eigenvalue weighted by molar-refractivity contribution is 7.99. The highest BCUT2D eigenvalue weighted by Crippen LogP contribution is 2.30. The lowest BCUT2D eigenvalue weighted by Gasteiger charge is -2.16. The molecule has 0 saturated carbocycles. The molecule has 0 aliphatic carbocycles. The van der Waals surface area contributed by atoms with E-state index in [2.05, 4.69) is 20.5 Å². The Balaban J connectivity index is 1.55. The second-order valence-corrected chi connectivity index (χ2v) is 9.20. The van der Waals surface area contributed by atoms with Crippen LogP contribution in [-0.4, -0.2) is 31.4 Å². The number of carbonyl (C=O) groups is 1. The van der Waals surface area contributed by atoms with Crippen LogP contribution >= 0.6 is 35.0 Å². The van der Waals surface area contributed by atoms with E-state index in [1.807, 2.05) is 60.9 Å². The molecule has 1 amide bonds. The zero-order valence-corrected chi connectivity index (χ0v) is 20.3. The fraction of sp³-hybridized carbons (Fsp3) is 0.167. The van der Waals surface area contributed by atoms with Gasteiger partial charge in [-0.05, 0) is 55.3 Å². The van der Waals surface area contributed by atoms with Crippen molar-refractivity contribution < 1.29 is 4.79 Å². The van der Waals surface area contributed by atoms with E-state index in [4.69, 9.17) is 23.2 Å². The number of amides is 1. The van der Waals surface area contributed by atoms with Gasteiger partial charge in [0, 0.05) is 28.0 Å². The molecule has 1 atom stereocenters. The standard InChI is InChI=1S/C24H21Cl2N5OS/c1-15-6-3-4-8-21(15)31-23(17-7-5-11-27-13-17)29-30-24(31)33-14-22(32)28-16(2)19-10-9-18(25)12-20(19)26/h3-13,16H,14H2,1-2H3,(H,28,32). The number of thioether (sulfide) groups is 1. The van der Waals surface area contributed by atoms with Crippen LogP contribution in [0.4, 0.5) is 0 Å². The van der Waals surface area contributed by atoms with E-state index in [0.717, 1.165) is 22.4 Å². The van der Waals surface area contributed by atoms with Crippen LogP contribution in [0.2, 0.25) is 10.0 Å². The number of carbonyl (C=O) groups excluding carboxylic acids is 1. The van der Waals surface area contributed by atoms with Gasteiger partial charge in [0.05, 0.1) is 17.5 Å². The van der Waals surface area contributed by atoms with Crippen LogP contribution in [-0.2, 0) is 4.79 Å². The van der Waals surface area contributed by atoms with E-state index in [-0.39, 0.29) is 17.7 Å². The Morgan fingerprint density at radius 1 is 1.12 bits per heavy atom. The molecule has 0 aliphatic heterocycles. The molecule has 2 heterocycles. The van der Waals surface area contributed by atoms with Crippen molar-refractivity contribution in [3.63, 3.8) is 0 Å². The van der Waals surface area contributed by atoms with Crippen molar-refractivity contribution in [2.75, 3.05) is 5.75 Å². The van der Waals surface area contributed by atoms with Crippen LogP contribution in [0.15, 0.2) is 72.1 Å². The third-order valence-electron chi connectivity index (χ3n) is 5.05. The highest BCUT2D eigenvalue weighted by Gasteiger charge is 2.19. The quantitative estimate of drug-likeness (QED) is 0.321. The van der Waals surface area contributed by atoms with Crippen molar-refractivity contribution in [2.45, 2.75) is 25.0 Å². The summed E-state index contributed by atoms with van der Waals surface area (Å²) in [5, 5.41) is 13.4. The lowest BCUT2D eigenvalue weighted by atomic mass is 10.1. The SMILES string of the molecule is Cc1ccccc1-n1c(SCC(=O)NC(C)c2ccc(Cl)cc2Cl)nnc1-c1cccnc1. The van der Waals surface area contributed by atoms with Crippen LogP contribution in [0.3, 0.4) is 0 Å². The number of para-hydroxylation sites is 1. The molecule has 9 heteroatoms. The molecule has 4 rings (SSSR count). The number of pyridine rings is 1. The van der Waals surface area contributed by atoms with Crippen LogP contribution in [0.25, 0.3) is 17.1 Å². The third kappa shape index (κ3) is 5.38. The Morgan fingerprint density at radius 2 is 1.94 bits per heavy atom. The zero-order valence-electron chi connectivity index (χ0n) is 18.0. The number of nitrogens with zero attached hydrogens (tertiary/aromatic N) is 4. The van der Waals surface area contributed by atoms with E-state index >= 15 is 0 Å². The van der Waals surface area contributed by atoms with E-state index in [1.165, 1.54) is 11.8 Å². The minimum Gasteiger partial charge on any atom is -0.349 e. The Kier molecular flexibility index (Phi) is 7.33. The summed E-state index contributed by atoms with van der Waals surface area (Å²) < 4.78 is 1.96. The molecule has 0 aliphatic rings. The molecule has 4 aromatic rings. The maximum absolute atomic E-state index is 12.7. The fourth-order valence-electron chi connectivity index (χ4n) is 3.42. The first-order chi connectivity index (χ1) is 15.9. The Hall–Kier alpha value is -2.87. The van der Waals surface area contributed by atoms with Gasteiger partial charge in [-0.15, -0.1) is 10.2 Å². The number of nitrogens with one attached hydrogen (secondary N) is 1. The normalized spacial score (nSPS) is 11.9. The molecule has 0 saturated heterocycles. The Labute approximate surface area is 206 Å². The minimum absolute atomic E-state index is 0.138. The van der Waals surface area contributed by atoms with Crippen molar-refractivity contribution in [2.24, 2.45) is 0 Å². The number of hydrogen-bond donors (Lipinski definition) is 1. The molecule has 0 spiro atoms. The summed E-state index contributed by atoms with van der Waals surface area (Å²) in [5.74, 6) is 0.703. The summed E-state index contributed by atoms with van der Waals surface area (Å²) in [6.07, 6.45) is 3.46. The molecule has 0 fully saturated rings. The van der Waals surface area contributed by atoms with E-state index in [0.29, 0.717) is 21.0 Å².